The predicted molar refractivity (Wildman–Crippen MR) is 84.0 cm³/mol. The molecule has 0 saturated carbocycles. The van der Waals surface area contributed by atoms with Crippen molar-refractivity contribution < 1.29 is 18.0 Å². The summed E-state index contributed by atoms with van der Waals surface area (Å²) in [7, 11) is 0. The summed E-state index contributed by atoms with van der Waals surface area (Å²) in [5, 5.41) is 13.0. The molecular weight excluding hydrogens is 321 g/mol. The van der Waals surface area contributed by atoms with Crippen molar-refractivity contribution >= 4 is 17.4 Å². The lowest BCUT2D eigenvalue weighted by Crippen LogP contribution is -2.25. The topological polar surface area (TPSA) is 66.9 Å². The summed E-state index contributed by atoms with van der Waals surface area (Å²) in [6.45, 7) is 2.57. The van der Waals surface area contributed by atoms with Crippen LogP contribution in [0.15, 0.2) is 36.4 Å². The molecule has 1 amide bonds. The average molecular weight is 338 g/mol. The fraction of sp³-hybridized carbons (Fsp3) is 0.312. The summed E-state index contributed by atoms with van der Waals surface area (Å²) < 4.78 is 38.0. The van der Waals surface area contributed by atoms with Gasteiger partial charge in [0.1, 0.15) is 0 Å². The monoisotopic (exact) mass is 338 g/mol. The molecule has 0 aliphatic carbocycles. The van der Waals surface area contributed by atoms with Gasteiger partial charge in [0.05, 0.1) is 5.56 Å². The molecule has 128 valence electrons. The molecule has 1 aromatic carbocycles. The number of alkyl halides is 3. The maximum absolute atomic E-state index is 12.7. The standard InChI is InChI=1S/C16H17F3N4O/c1-2-3-9-20-15(24)13-7-8-14(23-22-13)21-12-6-4-5-11(10-12)16(17,18)19/h4-8,10H,2-3,9H2,1H3,(H,20,24)(H,21,23). The van der Waals surface area contributed by atoms with Gasteiger partial charge in [-0.1, -0.05) is 19.4 Å². The third-order valence-electron chi connectivity index (χ3n) is 3.18. The molecule has 0 radical (unpaired) electrons. The van der Waals surface area contributed by atoms with Crippen LogP contribution in [0, 0.1) is 0 Å². The number of rotatable bonds is 6. The zero-order chi connectivity index (χ0) is 17.6. The quantitative estimate of drug-likeness (QED) is 0.787. The molecule has 0 aliphatic rings. The first kappa shape index (κ1) is 17.7. The van der Waals surface area contributed by atoms with Crippen LogP contribution in [0.2, 0.25) is 0 Å². The van der Waals surface area contributed by atoms with Crippen molar-refractivity contribution in [3.63, 3.8) is 0 Å². The molecule has 1 aromatic heterocycles. The lowest BCUT2D eigenvalue weighted by molar-refractivity contribution is -0.137. The van der Waals surface area contributed by atoms with Crippen LogP contribution in [0.3, 0.4) is 0 Å². The summed E-state index contributed by atoms with van der Waals surface area (Å²) in [5.41, 5.74) is -0.368. The molecule has 0 spiro atoms. The van der Waals surface area contributed by atoms with Gasteiger partial charge >= 0.3 is 6.18 Å². The smallest absolute Gasteiger partial charge is 0.351 e. The minimum Gasteiger partial charge on any atom is -0.351 e. The highest BCUT2D eigenvalue weighted by Gasteiger charge is 2.30. The first-order valence-electron chi connectivity index (χ1n) is 7.46. The molecule has 8 heteroatoms. The van der Waals surface area contributed by atoms with Crippen molar-refractivity contribution in [3.05, 3.63) is 47.7 Å². The number of anilines is 2. The fourth-order valence-corrected chi connectivity index (χ4v) is 1.91. The third kappa shape index (κ3) is 4.94. The highest BCUT2D eigenvalue weighted by atomic mass is 19.4. The van der Waals surface area contributed by atoms with Crippen LogP contribution in [0.1, 0.15) is 35.8 Å². The lowest BCUT2D eigenvalue weighted by Gasteiger charge is -2.10. The molecule has 0 fully saturated rings. The fourth-order valence-electron chi connectivity index (χ4n) is 1.91. The maximum atomic E-state index is 12.7. The minimum atomic E-state index is -4.41. The Morgan fingerprint density at radius 3 is 2.58 bits per heavy atom. The van der Waals surface area contributed by atoms with Crippen LogP contribution in [0.5, 0.6) is 0 Å². The molecule has 0 aliphatic heterocycles. The average Bonchev–Trinajstić information content (AvgIpc) is 2.55. The number of nitrogens with zero attached hydrogens (tertiary/aromatic N) is 2. The van der Waals surface area contributed by atoms with E-state index < -0.39 is 11.7 Å². The first-order valence-corrected chi connectivity index (χ1v) is 7.46. The van der Waals surface area contributed by atoms with Gasteiger partial charge in [0.25, 0.3) is 5.91 Å². The van der Waals surface area contributed by atoms with Crippen LogP contribution < -0.4 is 10.6 Å². The molecule has 1 heterocycles. The molecule has 24 heavy (non-hydrogen) atoms. The number of carbonyl (C=O) groups excluding carboxylic acids is 1. The van der Waals surface area contributed by atoms with Crippen molar-refractivity contribution in [2.75, 3.05) is 11.9 Å². The highest BCUT2D eigenvalue weighted by Crippen LogP contribution is 2.31. The minimum absolute atomic E-state index is 0.153. The molecule has 5 nitrogen and oxygen atoms in total. The Hall–Kier alpha value is -2.64. The molecule has 0 unspecified atom stereocenters. The third-order valence-corrected chi connectivity index (χ3v) is 3.18. The number of aromatic nitrogens is 2. The Morgan fingerprint density at radius 2 is 1.96 bits per heavy atom. The van der Waals surface area contributed by atoms with Gasteiger partial charge in [-0.15, -0.1) is 10.2 Å². The van der Waals surface area contributed by atoms with E-state index in [1.165, 1.54) is 24.3 Å². The Labute approximate surface area is 137 Å². The van der Waals surface area contributed by atoms with E-state index in [-0.39, 0.29) is 23.1 Å². The number of halogens is 3. The van der Waals surface area contributed by atoms with E-state index in [2.05, 4.69) is 20.8 Å². The summed E-state index contributed by atoms with van der Waals surface area (Å²) in [6.07, 6.45) is -2.58. The lowest BCUT2D eigenvalue weighted by atomic mass is 10.2. The van der Waals surface area contributed by atoms with Crippen molar-refractivity contribution in [1.82, 2.24) is 15.5 Å². The molecule has 0 saturated heterocycles. The molecule has 2 aromatic rings. The van der Waals surface area contributed by atoms with Gasteiger partial charge in [0, 0.05) is 12.2 Å². The van der Waals surface area contributed by atoms with Gasteiger partial charge in [-0.3, -0.25) is 4.79 Å². The Bertz CT molecular complexity index is 686. The Balaban J connectivity index is 2.03. The summed E-state index contributed by atoms with van der Waals surface area (Å²) in [5.74, 6) is -0.0824. The second-order valence-corrected chi connectivity index (χ2v) is 5.12. The number of carbonyl (C=O) groups is 1. The van der Waals surface area contributed by atoms with Crippen LogP contribution in [0.4, 0.5) is 24.7 Å². The van der Waals surface area contributed by atoms with Gasteiger partial charge in [-0.05, 0) is 36.8 Å². The van der Waals surface area contributed by atoms with E-state index >= 15 is 0 Å². The Morgan fingerprint density at radius 1 is 1.17 bits per heavy atom. The van der Waals surface area contributed by atoms with Crippen molar-refractivity contribution in [2.24, 2.45) is 0 Å². The zero-order valence-corrected chi connectivity index (χ0v) is 13.0. The summed E-state index contributed by atoms with van der Waals surface area (Å²) >= 11 is 0. The van der Waals surface area contributed by atoms with Gasteiger partial charge in [0.2, 0.25) is 0 Å². The van der Waals surface area contributed by atoms with E-state index in [1.54, 1.807) is 0 Å². The summed E-state index contributed by atoms with van der Waals surface area (Å²) in [4.78, 5) is 11.8. The van der Waals surface area contributed by atoms with Gasteiger partial charge < -0.3 is 10.6 Å². The van der Waals surface area contributed by atoms with Crippen LogP contribution in [0.25, 0.3) is 0 Å². The second-order valence-electron chi connectivity index (χ2n) is 5.12. The van der Waals surface area contributed by atoms with Crippen LogP contribution >= 0.6 is 0 Å². The second kappa shape index (κ2) is 7.76. The molecule has 0 bridgehead atoms. The van der Waals surface area contributed by atoms with Gasteiger partial charge in [-0.25, -0.2) is 0 Å². The number of amides is 1. The van der Waals surface area contributed by atoms with Gasteiger partial charge in [-0.2, -0.15) is 13.2 Å². The maximum Gasteiger partial charge on any atom is 0.416 e. The number of nitrogens with one attached hydrogen (secondary N) is 2. The van der Waals surface area contributed by atoms with E-state index in [1.807, 2.05) is 6.92 Å². The molecule has 2 rings (SSSR count). The molecular formula is C16H17F3N4O. The van der Waals surface area contributed by atoms with E-state index in [0.717, 1.165) is 25.0 Å². The molecule has 0 atom stereocenters. The van der Waals surface area contributed by atoms with Crippen molar-refractivity contribution in [1.29, 1.82) is 0 Å². The highest BCUT2D eigenvalue weighted by molar-refractivity contribution is 5.92. The van der Waals surface area contributed by atoms with Crippen LogP contribution in [-0.2, 0) is 6.18 Å². The predicted octanol–water partition coefficient (Wildman–Crippen LogP) is 3.77. The number of benzene rings is 1. The first-order chi connectivity index (χ1) is 11.4. The molecule has 2 N–H and O–H groups in total. The normalized spacial score (nSPS) is 11.2. The largest absolute Gasteiger partial charge is 0.416 e. The number of hydrogen-bond acceptors (Lipinski definition) is 4. The van der Waals surface area contributed by atoms with Crippen molar-refractivity contribution in [2.45, 2.75) is 25.9 Å². The van der Waals surface area contributed by atoms with E-state index in [0.29, 0.717) is 6.54 Å². The number of unbranched alkanes of at least 4 members (excludes halogenated alkanes) is 1. The Kier molecular flexibility index (Phi) is 5.73. The number of hydrogen-bond donors (Lipinski definition) is 2. The SMILES string of the molecule is CCCCNC(=O)c1ccc(Nc2cccc(C(F)(F)F)c2)nn1. The van der Waals surface area contributed by atoms with E-state index in [4.69, 9.17) is 0 Å². The summed E-state index contributed by atoms with van der Waals surface area (Å²) in [6, 6.07) is 7.70. The van der Waals surface area contributed by atoms with Crippen molar-refractivity contribution in [3.8, 4) is 0 Å². The van der Waals surface area contributed by atoms with Crippen LogP contribution in [-0.4, -0.2) is 22.6 Å². The zero-order valence-electron chi connectivity index (χ0n) is 13.0. The van der Waals surface area contributed by atoms with E-state index in [9.17, 15) is 18.0 Å². The van der Waals surface area contributed by atoms with Gasteiger partial charge in [0.15, 0.2) is 11.5 Å².